The summed E-state index contributed by atoms with van der Waals surface area (Å²) in [6, 6.07) is 1.03. The fourth-order valence-electron chi connectivity index (χ4n) is 0.826. The third-order valence-electron chi connectivity index (χ3n) is 1.36. The van der Waals surface area contributed by atoms with Crippen LogP contribution in [0.15, 0.2) is 15.0 Å². The van der Waals surface area contributed by atoms with Gasteiger partial charge < -0.3 is 4.74 Å². The Bertz CT molecular complexity index is 328. The first-order chi connectivity index (χ1) is 6.07. The van der Waals surface area contributed by atoms with E-state index in [2.05, 4.69) is 31.9 Å². The van der Waals surface area contributed by atoms with E-state index < -0.39 is 11.6 Å². The van der Waals surface area contributed by atoms with Crippen LogP contribution in [0.5, 0.6) is 5.75 Å². The van der Waals surface area contributed by atoms with Crippen molar-refractivity contribution >= 4 is 31.9 Å². The Morgan fingerprint density at radius 2 is 2.00 bits per heavy atom. The Morgan fingerprint density at radius 3 is 2.54 bits per heavy atom. The summed E-state index contributed by atoms with van der Waals surface area (Å²) in [5.41, 5.74) is 0. The van der Waals surface area contributed by atoms with E-state index in [1.165, 1.54) is 0 Å². The highest BCUT2D eigenvalue weighted by Gasteiger charge is 2.15. The number of hydrogen-bond donors (Lipinski definition) is 0. The normalized spacial score (nSPS) is 10.2. The number of ether oxygens (including phenoxy) is 1. The zero-order chi connectivity index (χ0) is 10.0. The number of hydrogen-bond acceptors (Lipinski definition) is 1. The lowest BCUT2D eigenvalue weighted by Crippen LogP contribution is -1.97. The molecule has 0 aliphatic rings. The molecule has 0 bridgehead atoms. The lowest BCUT2D eigenvalue weighted by Gasteiger charge is -2.08. The smallest absolute Gasteiger partial charge is 0.176 e. The van der Waals surface area contributed by atoms with Crippen molar-refractivity contribution in [1.29, 1.82) is 0 Å². The molecule has 72 valence electrons. The summed E-state index contributed by atoms with van der Waals surface area (Å²) in [4.78, 5) is 0. The van der Waals surface area contributed by atoms with Crippen LogP contribution in [0, 0.1) is 11.6 Å². The van der Waals surface area contributed by atoms with E-state index in [0.717, 1.165) is 6.07 Å². The minimum absolute atomic E-state index is 0.00113. The second-order valence-electron chi connectivity index (χ2n) is 2.23. The van der Waals surface area contributed by atoms with E-state index in [-0.39, 0.29) is 10.2 Å². The van der Waals surface area contributed by atoms with Gasteiger partial charge in [-0.2, -0.15) is 0 Å². The third-order valence-corrected chi connectivity index (χ3v) is 2.66. The van der Waals surface area contributed by atoms with Gasteiger partial charge in [-0.1, -0.05) is 0 Å². The molecule has 0 aliphatic carbocycles. The summed E-state index contributed by atoms with van der Waals surface area (Å²) in [5, 5.41) is 0. The van der Waals surface area contributed by atoms with Crippen LogP contribution in [0.4, 0.5) is 8.78 Å². The van der Waals surface area contributed by atoms with E-state index in [9.17, 15) is 8.78 Å². The summed E-state index contributed by atoms with van der Waals surface area (Å²) in [5.74, 6) is -1.57. The van der Waals surface area contributed by atoms with Crippen molar-refractivity contribution in [2.75, 3.05) is 6.61 Å². The summed E-state index contributed by atoms with van der Waals surface area (Å²) >= 11 is 5.98. The highest BCUT2D eigenvalue weighted by Crippen LogP contribution is 2.36. The summed E-state index contributed by atoms with van der Waals surface area (Å²) < 4.78 is 31.2. The highest BCUT2D eigenvalue weighted by atomic mass is 79.9. The molecule has 0 aromatic heterocycles. The number of rotatable bonds is 2. The fraction of sp³-hybridized carbons (Fsp3) is 0.250. The second kappa shape index (κ2) is 4.37. The maximum atomic E-state index is 13.0. The number of benzene rings is 1. The van der Waals surface area contributed by atoms with Gasteiger partial charge in [0.05, 0.1) is 15.6 Å². The largest absolute Gasteiger partial charge is 0.491 e. The molecule has 0 radical (unpaired) electrons. The van der Waals surface area contributed by atoms with Gasteiger partial charge in [0.2, 0.25) is 0 Å². The molecule has 1 aromatic rings. The first kappa shape index (κ1) is 10.9. The molecule has 0 unspecified atom stereocenters. The molecule has 0 aliphatic heterocycles. The van der Waals surface area contributed by atoms with Crippen LogP contribution in [0.1, 0.15) is 6.92 Å². The van der Waals surface area contributed by atoms with Crippen molar-refractivity contribution in [3.05, 3.63) is 26.6 Å². The van der Waals surface area contributed by atoms with Crippen molar-refractivity contribution in [1.82, 2.24) is 0 Å². The molecule has 13 heavy (non-hydrogen) atoms. The molecular formula is C8H6Br2F2O. The quantitative estimate of drug-likeness (QED) is 0.594. The van der Waals surface area contributed by atoms with E-state index in [1.54, 1.807) is 6.92 Å². The molecule has 0 spiro atoms. The molecule has 0 fully saturated rings. The van der Waals surface area contributed by atoms with Gasteiger partial charge in [-0.3, -0.25) is 0 Å². The Balaban J connectivity index is 3.26. The topological polar surface area (TPSA) is 9.23 Å². The summed E-state index contributed by atoms with van der Waals surface area (Å²) in [6.07, 6.45) is 0. The lowest BCUT2D eigenvalue weighted by molar-refractivity contribution is 0.331. The molecule has 0 heterocycles. The standard InChI is InChI=1S/C8H6Br2F2O/c1-2-13-8-4(9)3-5(11)7(12)6(8)10/h3H,2H2,1H3. The van der Waals surface area contributed by atoms with E-state index in [0.29, 0.717) is 11.1 Å². The summed E-state index contributed by atoms with van der Waals surface area (Å²) in [7, 11) is 0. The van der Waals surface area contributed by atoms with E-state index >= 15 is 0 Å². The van der Waals surface area contributed by atoms with Crippen molar-refractivity contribution in [3.63, 3.8) is 0 Å². The van der Waals surface area contributed by atoms with Gasteiger partial charge in [-0.15, -0.1) is 0 Å². The van der Waals surface area contributed by atoms with Crippen LogP contribution < -0.4 is 4.74 Å². The van der Waals surface area contributed by atoms with Crippen LogP contribution >= 0.6 is 31.9 Å². The first-order valence-electron chi connectivity index (χ1n) is 3.53. The van der Waals surface area contributed by atoms with Crippen molar-refractivity contribution in [3.8, 4) is 5.75 Å². The van der Waals surface area contributed by atoms with Crippen molar-refractivity contribution < 1.29 is 13.5 Å². The predicted molar refractivity (Wildman–Crippen MR) is 52.9 cm³/mol. The van der Waals surface area contributed by atoms with Gasteiger partial charge >= 0.3 is 0 Å². The van der Waals surface area contributed by atoms with E-state index in [4.69, 9.17) is 4.74 Å². The fourth-order valence-corrected chi connectivity index (χ4v) is 2.12. The molecular weight excluding hydrogens is 310 g/mol. The Kier molecular flexibility index (Phi) is 3.67. The predicted octanol–water partition coefficient (Wildman–Crippen LogP) is 3.89. The highest BCUT2D eigenvalue weighted by molar-refractivity contribution is 9.11. The zero-order valence-corrected chi connectivity index (χ0v) is 9.88. The van der Waals surface area contributed by atoms with Crippen LogP contribution in [0.2, 0.25) is 0 Å². The van der Waals surface area contributed by atoms with Gasteiger partial charge in [0.15, 0.2) is 17.4 Å². The van der Waals surface area contributed by atoms with Crippen LogP contribution in [-0.4, -0.2) is 6.61 Å². The van der Waals surface area contributed by atoms with Crippen LogP contribution in [-0.2, 0) is 0 Å². The third kappa shape index (κ3) is 2.20. The van der Waals surface area contributed by atoms with Crippen LogP contribution in [0.25, 0.3) is 0 Å². The number of halogens is 4. The Hall–Kier alpha value is -0.160. The monoisotopic (exact) mass is 314 g/mol. The average Bonchev–Trinajstić information content (AvgIpc) is 2.09. The van der Waals surface area contributed by atoms with Crippen molar-refractivity contribution in [2.45, 2.75) is 6.92 Å². The molecule has 1 aromatic carbocycles. The maximum Gasteiger partial charge on any atom is 0.176 e. The second-order valence-corrected chi connectivity index (χ2v) is 3.88. The van der Waals surface area contributed by atoms with Gasteiger partial charge in [0, 0.05) is 0 Å². The minimum Gasteiger partial charge on any atom is -0.491 e. The molecule has 1 nitrogen and oxygen atoms in total. The lowest BCUT2D eigenvalue weighted by atomic mass is 10.3. The molecule has 0 N–H and O–H groups in total. The van der Waals surface area contributed by atoms with Gasteiger partial charge in [-0.05, 0) is 44.8 Å². The minimum atomic E-state index is -0.938. The average molecular weight is 316 g/mol. The molecule has 0 amide bonds. The maximum absolute atomic E-state index is 13.0. The zero-order valence-electron chi connectivity index (χ0n) is 6.70. The molecule has 0 saturated carbocycles. The van der Waals surface area contributed by atoms with Gasteiger partial charge in [-0.25, -0.2) is 8.78 Å². The first-order valence-corrected chi connectivity index (χ1v) is 5.12. The Morgan fingerprint density at radius 1 is 1.38 bits per heavy atom. The molecule has 0 atom stereocenters. The van der Waals surface area contributed by atoms with E-state index in [1.807, 2.05) is 0 Å². The van der Waals surface area contributed by atoms with Gasteiger partial charge in [0.25, 0.3) is 0 Å². The Labute approximate surface area is 91.3 Å². The SMILES string of the molecule is CCOc1c(Br)cc(F)c(F)c1Br. The van der Waals surface area contributed by atoms with Gasteiger partial charge in [0.1, 0.15) is 0 Å². The molecule has 1 rings (SSSR count). The molecule has 0 saturated heterocycles. The van der Waals surface area contributed by atoms with Crippen molar-refractivity contribution in [2.24, 2.45) is 0 Å². The van der Waals surface area contributed by atoms with Crippen LogP contribution in [0.3, 0.4) is 0 Å². The molecule has 5 heteroatoms. The summed E-state index contributed by atoms with van der Waals surface area (Å²) in [6.45, 7) is 2.16.